The highest BCUT2D eigenvalue weighted by atomic mass is 32.1. The molecule has 1 aromatic rings. The molecule has 0 amide bonds. The lowest BCUT2D eigenvalue weighted by Crippen LogP contribution is -2.41. The number of benzene rings is 1. The van der Waals surface area contributed by atoms with Crippen LogP contribution in [-0.2, 0) is 9.31 Å². The number of anilines is 1. The van der Waals surface area contributed by atoms with Crippen LogP contribution in [0.1, 0.15) is 38.8 Å². The molecular formula is C16H24BNO2S. The van der Waals surface area contributed by atoms with E-state index in [4.69, 9.17) is 15.0 Å². The number of rotatable bonds is 3. The molecule has 0 radical (unpaired) electrons. The van der Waals surface area contributed by atoms with Crippen LogP contribution in [0.15, 0.2) is 23.7 Å². The average Bonchev–Trinajstić information content (AvgIpc) is 2.57. The van der Waals surface area contributed by atoms with E-state index < -0.39 is 0 Å². The first-order valence-corrected chi connectivity index (χ1v) is 7.82. The van der Waals surface area contributed by atoms with E-state index >= 15 is 0 Å². The summed E-state index contributed by atoms with van der Waals surface area (Å²) in [4.78, 5) is 0. The predicted molar refractivity (Wildman–Crippen MR) is 93.5 cm³/mol. The molecule has 0 unspecified atom stereocenters. The van der Waals surface area contributed by atoms with Crippen molar-refractivity contribution >= 4 is 31.5 Å². The summed E-state index contributed by atoms with van der Waals surface area (Å²) in [6.45, 7) is 10.3. The van der Waals surface area contributed by atoms with Crippen molar-refractivity contribution in [3.8, 4) is 0 Å². The Bertz CT molecular complexity index is 553. The Balaban J connectivity index is 2.31. The number of nitrogen functional groups attached to an aromatic ring is 1. The third kappa shape index (κ3) is 3.30. The first kappa shape index (κ1) is 16.5. The van der Waals surface area contributed by atoms with E-state index in [2.05, 4.69) is 46.4 Å². The highest BCUT2D eigenvalue weighted by Gasteiger charge is 2.52. The van der Waals surface area contributed by atoms with Crippen molar-refractivity contribution in [2.45, 2.75) is 45.8 Å². The van der Waals surface area contributed by atoms with Crippen LogP contribution < -0.4 is 5.73 Å². The van der Waals surface area contributed by atoms with E-state index in [1.165, 1.54) is 0 Å². The maximum Gasteiger partial charge on any atom is 0.491 e. The number of thiol groups is 1. The molecule has 1 heterocycles. The summed E-state index contributed by atoms with van der Waals surface area (Å²) in [5, 5.41) is 0. The van der Waals surface area contributed by atoms with Crippen LogP contribution in [0.2, 0.25) is 0 Å². The van der Waals surface area contributed by atoms with Crippen molar-refractivity contribution in [3.05, 3.63) is 34.8 Å². The van der Waals surface area contributed by atoms with Gasteiger partial charge in [0.05, 0.1) is 11.2 Å². The molecule has 0 aliphatic carbocycles. The Morgan fingerprint density at radius 1 is 1.24 bits per heavy atom. The molecule has 3 nitrogen and oxygen atoms in total. The van der Waals surface area contributed by atoms with Crippen LogP contribution in [0.5, 0.6) is 0 Å². The van der Waals surface area contributed by atoms with Gasteiger partial charge in [-0.25, -0.2) is 0 Å². The zero-order chi connectivity index (χ0) is 15.8. The van der Waals surface area contributed by atoms with Crippen molar-refractivity contribution in [3.63, 3.8) is 0 Å². The standard InChI is InChI=1S/C16H24BNO2S/c1-11-8-14(18)7-6-12(11)9-13(10-21)17-19-15(2,3)16(4,5)20-17/h6-9,21H,10,18H2,1-5H3. The largest absolute Gasteiger partial charge is 0.491 e. The van der Waals surface area contributed by atoms with E-state index in [1.807, 2.05) is 25.1 Å². The fourth-order valence-electron chi connectivity index (χ4n) is 2.24. The third-order valence-corrected chi connectivity index (χ3v) is 4.74. The van der Waals surface area contributed by atoms with Crippen molar-refractivity contribution in [1.29, 1.82) is 0 Å². The molecule has 0 bridgehead atoms. The van der Waals surface area contributed by atoms with Gasteiger partial charge in [0.1, 0.15) is 0 Å². The third-order valence-electron chi connectivity index (χ3n) is 4.37. The predicted octanol–water partition coefficient (Wildman–Crippen LogP) is 3.52. The van der Waals surface area contributed by atoms with Gasteiger partial charge in [0.15, 0.2) is 0 Å². The first-order valence-electron chi connectivity index (χ1n) is 7.19. The molecule has 1 fully saturated rings. The Kier molecular flexibility index (Phi) is 4.48. The van der Waals surface area contributed by atoms with Crippen molar-refractivity contribution in [2.75, 3.05) is 11.5 Å². The van der Waals surface area contributed by atoms with Gasteiger partial charge in [-0.15, -0.1) is 0 Å². The lowest BCUT2D eigenvalue weighted by atomic mass is 9.78. The smallest absolute Gasteiger partial charge is 0.400 e. The molecule has 0 aromatic heterocycles. The monoisotopic (exact) mass is 305 g/mol. The minimum Gasteiger partial charge on any atom is -0.400 e. The second-order valence-corrected chi connectivity index (χ2v) is 6.90. The van der Waals surface area contributed by atoms with Crippen LogP contribution in [0.25, 0.3) is 6.08 Å². The van der Waals surface area contributed by atoms with Crippen LogP contribution in [0.4, 0.5) is 5.69 Å². The van der Waals surface area contributed by atoms with Gasteiger partial charge in [-0.3, -0.25) is 0 Å². The zero-order valence-corrected chi connectivity index (χ0v) is 14.3. The van der Waals surface area contributed by atoms with Gasteiger partial charge in [0.25, 0.3) is 0 Å². The molecule has 21 heavy (non-hydrogen) atoms. The van der Waals surface area contributed by atoms with E-state index in [1.54, 1.807) is 0 Å². The molecule has 5 heteroatoms. The molecule has 0 saturated carbocycles. The number of aryl methyl sites for hydroxylation is 1. The summed E-state index contributed by atoms with van der Waals surface area (Å²) in [5.41, 5.74) is 9.16. The molecule has 0 spiro atoms. The highest BCUT2D eigenvalue weighted by Crippen LogP contribution is 2.39. The van der Waals surface area contributed by atoms with E-state index in [-0.39, 0.29) is 18.3 Å². The van der Waals surface area contributed by atoms with Gasteiger partial charge in [0.2, 0.25) is 0 Å². The Morgan fingerprint density at radius 3 is 2.29 bits per heavy atom. The van der Waals surface area contributed by atoms with Crippen LogP contribution in [0.3, 0.4) is 0 Å². The van der Waals surface area contributed by atoms with E-state index in [0.29, 0.717) is 5.75 Å². The summed E-state index contributed by atoms with van der Waals surface area (Å²) in [5.74, 6) is 0.584. The van der Waals surface area contributed by atoms with Gasteiger partial charge in [-0.2, -0.15) is 12.6 Å². The Labute approximate surface area is 133 Å². The topological polar surface area (TPSA) is 44.5 Å². The molecule has 114 valence electrons. The second kappa shape index (κ2) is 5.71. The minimum absolute atomic E-state index is 0.337. The molecular weight excluding hydrogens is 281 g/mol. The van der Waals surface area contributed by atoms with Crippen LogP contribution in [0, 0.1) is 6.92 Å². The van der Waals surface area contributed by atoms with Gasteiger partial charge >= 0.3 is 7.12 Å². The number of hydrogen-bond donors (Lipinski definition) is 2. The fraction of sp³-hybridized carbons (Fsp3) is 0.500. The van der Waals surface area contributed by atoms with Gasteiger partial charge in [0, 0.05) is 11.4 Å². The zero-order valence-electron chi connectivity index (χ0n) is 13.4. The second-order valence-electron chi connectivity index (χ2n) is 6.58. The Hall–Kier alpha value is -0.905. The van der Waals surface area contributed by atoms with E-state index in [9.17, 15) is 0 Å². The molecule has 1 aromatic carbocycles. The molecule has 1 saturated heterocycles. The van der Waals surface area contributed by atoms with Crippen molar-refractivity contribution < 1.29 is 9.31 Å². The van der Waals surface area contributed by atoms with E-state index in [0.717, 1.165) is 22.3 Å². The first-order chi connectivity index (χ1) is 9.66. The lowest BCUT2D eigenvalue weighted by molar-refractivity contribution is 0.00578. The molecule has 2 N–H and O–H groups in total. The van der Waals surface area contributed by atoms with Crippen molar-refractivity contribution in [1.82, 2.24) is 0 Å². The summed E-state index contributed by atoms with van der Waals surface area (Å²) >= 11 is 4.44. The lowest BCUT2D eigenvalue weighted by Gasteiger charge is -2.32. The van der Waals surface area contributed by atoms with Gasteiger partial charge in [-0.05, 0) is 63.4 Å². The van der Waals surface area contributed by atoms with Crippen LogP contribution >= 0.6 is 12.6 Å². The molecule has 2 rings (SSSR count). The van der Waals surface area contributed by atoms with Crippen molar-refractivity contribution in [2.24, 2.45) is 0 Å². The molecule has 1 aliphatic heterocycles. The van der Waals surface area contributed by atoms with Gasteiger partial charge in [-0.1, -0.05) is 12.1 Å². The average molecular weight is 305 g/mol. The molecule has 0 atom stereocenters. The summed E-state index contributed by atoms with van der Waals surface area (Å²) in [7, 11) is -0.357. The maximum absolute atomic E-state index is 6.09. The van der Waals surface area contributed by atoms with Gasteiger partial charge < -0.3 is 15.0 Å². The summed E-state index contributed by atoms with van der Waals surface area (Å²) < 4.78 is 12.2. The summed E-state index contributed by atoms with van der Waals surface area (Å²) in [6, 6.07) is 5.88. The molecule has 1 aliphatic rings. The minimum atomic E-state index is -0.357. The highest BCUT2D eigenvalue weighted by molar-refractivity contribution is 7.80. The Morgan fingerprint density at radius 2 is 1.81 bits per heavy atom. The number of nitrogens with two attached hydrogens (primary N) is 1. The summed E-state index contributed by atoms with van der Waals surface area (Å²) in [6.07, 6.45) is 2.09. The SMILES string of the molecule is Cc1cc(N)ccc1C=C(CS)B1OC(C)(C)C(C)(C)O1. The number of hydrogen-bond acceptors (Lipinski definition) is 4. The maximum atomic E-state index is 6.09. The quantitative estimate of drug-likeness (QED) is 0.510. The fourth-order valence-corrected chi connectivity index (χ4v) is 2.48. The van der Waals surface area contributed by atoms with Crippen LogP contribution in [-0.4, -0.2) is 24.1 Å². The normalized spacial score (nSPS) is 20.9.